The molecule has 0 unspecified atom stereocenters. The van der Waals surface area contributed by atoms with Crippen molar-refractivity contribution in [2.45, 2.75) is 0 Å². The SMILES string of the molecule is Nc1cc(F)c(Oc2ncc(Br)cc2Br)cc1F. The lowest BCUT2D eigenvalue weighted by atomic mass is 10.3. The zero-order valence-electron chi connectivity index (χ0n) is 8.75. The molecule has 2 N–H and O–H groups in total. The second-order valence-electron chi connectivity index (χ2n) is 3.35. The zero-order chi connectivity index (χ0) is 13.3. The number of nitrogens with two attached hydrogens (primary N) is 1. The summed E-state index contributed by atoms with van der Waals surface area (Å²) in [7, 11) is 0. The summed E-state index contributed by atoms with van der Waals surface area (Å²) in [5.41, 5.74) is 4.96. The minimum absolute atomic E-state index is 0.126. The Hall–Kier alpha value is -1.21. The molecule has 0 aliphatic carbocycles. The molecule has 0 atom stereocenters. The molecule has 2 rings (SSSR count). The first-order valence-electron chi connectivity index (χ1n) is 4.71. The number of pyridine rings is 1. The molecule has 0 bridgehead atoms. The molecular weight excluding hydrogens is 374 g/mol. The molecule has 0 fully saturated rings. The standard InChI is InChI=1S/C11H6Br2F2N2O/c12-5-1-6(13)11(17-4-5)18-10-3-7(14)9(16)2-8(10)15/h1-4H,16H2. The molecule has 0 aliphatic rings. The number of rotatable bonds is 2. The van der Waals surface area contributed by atoms with Crippen molar-refractivity contribution < 1.29 is 13.5 Å². The summed E-state index contributed by atoms with van der Waals surface area (Å²) in [6.45, 7) is 0. The third-order valence-electron chi connectivity index (χ3n) is 2.03. The van der Waals surface area contributed by atoms with Gasteiger partial charge in [0.2, 0.25) is 5.88 Å². The molecule has 1 heterocycles. The Morgan fingerprint density at radius 3 is 2.50 bits per heavy atom. The Balaban J connectivity index is 2.37. The van der Waals surface area contributed by atoms with Gasteiger partial charge in [-0.25, -0.2) is 13.8 Å². The van der Waals surface area contributed by atoms with E-state index in [1.165, 1.54) is 6.20 Å². The summed E-state index contributed by atoms with van der Waals surface area (Å²) in [5, 5.41) is 0. The van der Waals surface area contributed by atoms with Crippen LogP contribution in [0.4, 0.5) is 14.5 Å². The van der Waals surface area contributed by atoms with Gasteiger partial charge < -0.3 is 10.5 Å². The van der Waals surface area contributed by atoms with Crippen LogP contribution < -0.4 is 10.5 Å². The topological polar surface area (TPSA) is 48.1 Å². The first-order chi connectivity index (χ1) is 8.47. The fourth-order valence-corrected chi connectivity index (χ4v) is 2.27. The molecule has 0 amide bonds. The summed E-state index contributed by atoms with van der Waals surface area (Å²) >= 11 is 6.42. The normalized spacial score (nSPS) is 10.4. The third-order valence-corrected chi connectivity index (χ3v) is 3.03. The number of ether oxygens (including phenoxy) is 1. The highest BCUT2D eigenvalue weighted by Crippen LogP contribution is 2.32. The first-order valence-corrected chi connectivity index (χ1v) is 6.29. The van der Waals surface area contributed by atoms with E-state index in [-0.39, 0.29) is 17.3 Å². The van der Waals surface area contributed by atoms with E-state index in [2.05, 4.69) is 36.8 Å². The molecule has 3 nitrogen and oxygen atoms in total. The Labute approximate surface area is 118 Å². The minimum Gasteiger partial charge on any atom is -0.435 e. The Morgan fingerprint density at radius 1 is 1.11 bits per heavy atom. The monoisotopic (exact) mass is 378 g/mol. The molecule has 0 saturated heterocycles. The highest BCUT2D eigenvalue weighted by molar-refractivity contribution is 9.11. The largest absolute Gasteiger partial charge is 0.435 e. The number of hydrogen-bond acceptors (Lipinski definition) is 3. The van der Waals surface area contributed by atoms with Crippen molar-refractivity contribution in [3.05, 3.63) is 45.0 Å². The molecular formula is C11H6Br2F2N2O. The summed E-state index contributed by atoms with van der Waals surface area (Å²) in [4.78, 5) is 3.93. The maximum absolute atomic E-state index is 13.5. The molecule has 7 heteroatoms. The second-order valence-corrected chi connectivity index (χ2v) is 5.12. The van der Waals surface area contributed by atoms with Crippen molar-refractivity contribution in [1.82, 2.24) is 4.98 Å². The lowest BCUT2D eigenvalue weighted by Gasteiger charge is -2.08. The van der Waals surface area contributed by atoms with Crippen molar-refractivity contribution in [3.63, 3.8) is 0 Å². The van der Waals surface area contributed by atoms with Crippen molar-refractivity contribution in [2.75, 3.05) is 5.73 Å². The third kappa shape index (κ3) is 2.78. The van der Waals surface area contributed by atoms with Gasteiger partial charge in [-0.3, -0.25) is 0 Å². The van der Waals surface area contributed by atoms with E-state index in [4.69, 9.17) is 10.5 Å². The number of nitrogens with zero attached hydrogens (tertiary/aromatic N) is 1. The van der Waals surface area contributed by atoms with Gasteiger partial charge in [0.25, 0.3) is 0 Å². The van der Waals surface area contributed by atoms with Crippen molar-refractivity contribution in [1.29, 1.82) is 0 Å². The smallest absolute Gasteiger partial charge is 0.233 e. The lowest BCUT2D eigenvalue weighted by Crippen LogP contribution is -1.97. The van der Waals surface area contributed by atoms with Gasteiger partial charge in [0, 0.05) is 22.8 Å². The van der Waals surface area contributed by atoms with Crippen LogP contribution in [0.5, 0.6) is 11.6 Å². The number of halogens is 4. The van der Waals surface area contributed by atoms with Crippen LogP contribution in [0.1, 0.15) is 0 Å². The molecule has 0 spiro atoms. The maximum atomic E-state index is 13.5. The number of benzene rings is 1. The Kier molecular flexibility index (Phi) is 3.82. The van der Waals surface area contributed by atoms with Crippen LogP contribution in [-0.2, 0) is 0 Å². The van der Waals surface area contributed by atoms with E-state index in [9.17, 15) is 8.78 Å². The van der Waals surface area contributed by atoms with Gasteiger partial charge >= 0.3 is 0 Å². The second kappa shape index (κ2) is 5.19. The van der Waals surface area contributed by atoms with Crippen LogP contribution >= 0.6 is 31.9 Å². The molecule has 0 aliphatic heterocycles. The molecule has 1 aromatic heterocycles. The predicted molar refractivity (Wildman–Crippen MR) is 70.5 cm³/mol. The van der Waals surface area contributed by atoms with Crippen LogP contribution in [0.2, 0.25) is 0 Å². The van der Waals surface area contributed by atoms with Gasteiger partial charge in [0.1, 0.15) is 5.82 Å². The Morgan fingerprint density at radius 2 is 1.83 bits per heavy atom. The molecule has 18 heavy (non-hydrogen) atoms. The zero-order valence-corrected chi connectivity index (χ0v) is 11.9. The molecule has 2 aromatic rings. The van der Waals surface area contributed by atoms with Gasteiger partial charge in [0.05, 0.1) is 10.2 Å². The molecule has 0 radical (unpaired) electrons. The lowest BCUT2D eigenvalue weighted by molar-refractivity contribution is 0.420. The highest BCUT2D eigenvalue weighted by Gasteiger charge is 2.12. The predicted octanol–water partition coefficient (Wildman–Crippen LogP) is 4.26. The van der Waals surface area contributed by atoms with Gasteiger partial charge in [-0.15, -0.1) is 0 Å². The fourth-order valence-electron chi connectivity index (χ4n) is 1.20. The van der Waals surface area contributed by atoms with Gasteiger partial charge in [0.15, 0.2) is 11.6 Å². The fraction of sp³-hybridized carbons (Fsp3) is 0. The van der Waals surface area contributed by atoms with E-state index in [1.54, 1.807) is 6.07 Å². The number of nitrogen functional groups attached to an aromatic ring is 1. The van der Waals surface area contributed by atoms with E-state index in [0.717, 1.165) is 16.6 Å². The summed E-state index contributed by atoms with van der Waals surface area (Å²) in [6.07, 6.45) is 1.48. The van der Waals surface area contributed by atoms with E-state index in [1.807, 2.05) is 0 Å². The minimum atomic E-state index is -0.759. The maximum Gasteiger partial charge on any atom is 0.233 e. The summed E-state index contributed by atoms with van der Waals surface area (Å²) in [6, 6.07) is 3.41. The summed E-state index contributed by atoms with van der Waals surface area (Å²) in [5.74, 6) is -1.66. The van der Waals surface area contributed by atoms with E-state index < -0.39 is 11.6 Å². The summed E-state index contributed by atoms with van der Waals surface area (Å²) < 4.78 is 33.1. The number of hydrogen-bond donors (Lipinski definition) is 1. The van der Waals surface area contributed by atoms with E-state index in [0.29, 0.717) is 4.47 Å². The van der Waals surface area contributed by atoms with Gasteiger partial charge in [-0.05, 0) is 37.9 Å². The first kappa shape index (κ1) is 13.2. The average molecular weight is 380 g/mol. The van der Waals surface area contributed by atoms with Gasteiger partial charge in [-0.1, -0.05) is 0 Å². The van der Waals surface area contributed by atoms with Crippen LogP contribution in [0, 0.1) is 11.6 Å². The van der Waals surface area contributed by atoms with Crippen LogP contribution in [-0.4, -0.2) is 4.98 Å². The van der Waals surface area contributed by atoms with Crippen LogP contribution in [0.15, 0.2) is 33.3 Å². The van der Waals surface area contributed by atoms with Crippen LogP contribution in [0.25, 0.3) is 0 Å². The average Bonchev–Trinajstić information content (AvgIpc) is 2.29. The number of anilines is 1. The van der Waals surface area contributed by atoms with Gasteiger partial charge in [-0.2, -0.15) is 0 Å². The Bertz CT molecular complexity index is 608. The quantitative estimate of drug-likeness (QED) is 0.793. The molecule has 0 saturated carbocycles. The van der Waals surface area contributed by atoms with Crippen molar-refractivity contribution in [2.24, 2.45) is 0 Å². The number of aromatic nitrogens is 1. The molecule has 94 valence electrons. The van der Waals surface area contributed by atoms with Crippen LogP contribution in [0.3, 0.4) is 0 Å². The molecule has 1 aromatic carbocycles. The highest BCUT2D eigenvalue weighted by atomic mass is 79.9. The van der Waals surface area contributed by atoms with E-state index >= 15 is 0 Å². The van der Waals surface area contributed by atoms with Crippen molar-refractivity contribution in [3.8, 4) is 11.6 Å². The van der Waals surface area contributed by atoms with Crippen molar-refractivity contribution >= 4 is 37.5 Å².